The van der Waals surface area contributed by atoms with Crippen LogP contribution >= 0.6 is 11.3 Å². The number of phenolic OH excluding ortho intramolecular Hbond substituents is 1. The third-order valence-corrected chi connectivity index (χ3v) is 8.04. The van der Waals surface area contributed by atoms with Crippen LogP contribution in [0.15, 0.2) is 23.6 Å². The van der Waals surface area contributed by atoms with E-state index in [1.807, 2.05) is 26.0 Å². The van der Waals surface area contributed by atoms with Crippen molar-refractivity contribution in [2.24, 2.45) is 11.8 Å². The Bertz CT molecular complexity index is 1150. The van der Waals surface area contributed by atoms with Crippen molar-refractivity contribution in [3.05, 3.63) is 39.8 Å². The number of nitrogens with zero attached hydrogens (tertiary/aromatic N) is 2. The Morgan fingerprint density at radius 1 is 1.15 bits per heavy atom. The SMILES string of the molecule is CCCCC(=O)N(C)C(CC(OC(C)=O)c1nc(C(=O)NC(Cc2ccc(O)c(NC)c2)CC(C)C)cs1)C(C)C. The fraction of sp³-hybridized carbons (Fsp3) is 0.613. The first kappa shape index (κ1) is 34.1. The Balaban J connectivity index is 2.23. The molecule has 9 nitrogen and oxygen atoms in total. The zero-order valence-corrected chi connectivity index (χ0v) is 26.6. The van der Waals surface area contributed by atoms with Crippen LogP contribution in [0.5, 0.6) is 5.75 Å². The maximum atomic E-state index is 13.3. The molecule has 3 atom stereocenters. The molecule has 3 unspecified atom stereocenters. The lowest BCUT2D eigenvalue weighted by atomic mass is 9.96. The normalized spacial score (nSPS) is 13.5. The largest absolute Gasteiger partial charge is 0.506 e. The first-order chi connectivity index (χ1) is 19.4. The average Bonchev–Trinajstić information content (AvgIpc) is 3.40. The van der Waals surface area contributed by atoms with Gasteiger partial charge in [0.05, 0.1) is 5.69 Å². The number of amides is 2. The smallest absolute Gasteiger partial charge is 0.303 e. The maximum Gasteiger partial charge on any atom is 0.303 e. The van der Waals surface area contributed by atoms with Gasteiger partial charge in [0.1, 0.15) is 16.5 Å². The third-order valence-electron chi connectivity index (χ3n) is 7.10. The molecular formula is C31H48N4O5S. The molecule has 2 aromatic rings. The molecule has 0 aliphatic heterocycles. The predicted molar refractivity (Wildman–Crippen MR) is 164 cm³/mol. The number of anilines is 1. The van der Waals surface area contributed by atoms with Gasteiger partial charge in [-0.05, 0) is 48.8 Å². The van der Waals surface area contributed by atoms with E-state index in [1.165, 1.54) is 18.3 Å². The van der Waals surface area contributed by atoms with E-state index in [4.69, 9.17) is 4.74 Å². The fourth-order valence-electron chi connectivity index (χ4n) is 4.94. The molecule has 228 valence electrons. The molecule has 0 saturated heterocycles. The number of aromatic hydroxyl groups is 1. The van der Waals surface area contributed by atoms with Gasteiger partial charge < -0.3 is 25.4 Å². The Morgan fingerprint density at radius 2 is 1.85 bits per heavy atom. The van der Waals surface area contributed by atoms with Gasteiger partial charge in [-0.1, -0.05) is 47.1 Å². The number of benzene rings is 1. The molecule has 1 aromatic heterocycles. The van der Waals surface area contributed by atoms with E-state index >= 15 is 0 Å². The predicted octanol–water partition coefficient (Wildman–Crippen LogP) is 5.95. The molecule has 3 N–H and O–H groups in total. The van der Waals surface area contributed by atoms with Crippen molar-refractivity contribution in [2.45, 2.75) is 98.3 Å². The molecule has 0 fully saturated rings. The van der Waals surface area contributed by atoms with Crippen LogP contribution in [0.1, 0.15) is 101 Å². The second kappa shape index (κ2) is 16.3. The van der Waals surface area contributed by atoms with Gasteiger partial charge in [-0.2, -0.15) is 0 Å². The van der Waals surface area contributed by atoms with Crippen molar-refractivity contribution in [1.82, 2.24) is 15.2 Å². The highest BCUT2D eigenvalue weighted by Crippen LogP contribution is 2.31. The second-order valence-corrected chi connectivity index (χ2v) is 12.3. The Hall–Kier alpha value is -3.14. The Kier molecular flexibility index (Phi) is 13.6. The van der Waals surface area contributed by atoms with E-state index in [2.05, 4.69) is 36.4 Å². The van der Waals surface area contributed by atoms with Gasteiger partial charge in [0.25, 0.3) is 5.91 Å². The van der Waals surface area contributed by atoms with Crippen LogP contribution in [-0.4, -0.2) is 59.0 Å². The number of carbonyl (C=O) groups excluding carboxylic acids is 3. The van der Waals surface area contributed by atoms with Crippen molar-refractivity contribution < 1.29 is 24.2 Å². The van der Waals surface area contributed by atoms with Gasteiger partial charge in [-0.3, -0.25) is 14.4 Å². The number of hydrogen-bond donors (Lipinski definition) is 3. The molecule has 0 bridgehead atoms. The summed E-state index contributed by atoms with van der Waals surface area (Å²) in [5.74, 6) is -0.00521. The fourth-order valence-corrected chi connectivity index (χ4v) is 5.78. The van der Waals surface area contributed by atoms with Crippen LogP contribution in [0.4, 0.5) is 5.69 Å². The number of rotatable bonds is 16. The number of thiazole rings is 1. The first-order valence-corrected chi connectivity index (χ1v) is 15.4. The number of unbranched alkanes of at least 4 members (excludes halogenated alkanes) is 1. The molecule has 0 saturated carbocycles. The molecule has 41 heavy (non-hydrogen) atoms. The third kappa shape index (κ3) is 10.6. The Morgan fingerprint density at radius 3 is 2.44 bits per heavy atom. The van der Waals surface area contributed by atoms with E-state index in [0.29, 0.717) is 35.9 Å². The zero-order chi connectivity index (χ0) is 30.7. The van der Waals surface area contributed by atoms with E-state index in [-0.39, 0.29) is 41.3 Å². The van der Waals surface area contributed by atoms with Gasteiger partial charge in [0, 0.05) is 51.3 Å². The highest BCUT2D eigenvalue weighted by Gasteiger charge is 2.30. The number of esters is 1. The minimum atomic E-state index is -0.670. The van der Waals surface area contributed by atoms with E-state index in [9.17, 15) is 19.5 Å². The summed E-state index contributed by atoms with van der Waals surface area (Å²) in [6.45, 7) is 11.7. The zero-order valence-electron chi connectivity index (χ0n) is 25.8. The van der Waals surface area contributed by atoms with Gasteiger partial charge >= 0.3 is 5.97 Å². The molecule has 0 aliphatic rings. The monoisotopic (exact) mass is 588 g/mol. The molecular weight excluding hydrogens is 540 g/mol. The summed E-state index contributed by atoms with van der Waals surface area (Å²) < 4.78 is 5.68. The summed E-state index contributed by atoms with van der Waals surface area (Å²) in [4.78, 5) is 44.5. The van der Waals surface area contributed by atoms with E-state index < -0.39 is 12.1 Å². The summed E-state index contributed by atoms with van der Waals surface area (Å²) in [7, 11) is 3.55. The average molecular weight is 589 g/mol. The Labute approximate surface area is 249 Å². The van der Waals surface area contributed by atoms with Crippen molar-refractivity contribution in [3.63, 3.8) is 0 Å². The molecule has 0 aliphatic carbocycles. The van der Waals surface area contributed by atoms with Gasteiger partial charge in [-0.25, -0.2) is 4.98 Å². The van der Waals surface area contributed by atoms with Crippen molar-refractivity contribution in [2.75, 3.05) is 19.4 Å². The van der Waals surface area contributed by atoms with Gasteiger partial charge in [-0.15, -0.1) is 11.3 Å². The first-order valence-electron chi connectivity index (χ1n) is 14.5. The van der Waals surface area contributed by atoms with Gasteiger partial charge in [0.2, 0.25) is 5.91 Å². The molecule has 1 aromatic carbocycles. The lowest BCUT2D eigenvalue weighted by Gasteiger charge is -2.33. The van der Waals surface area contributed by atoms with E-state index in [0.717, 1.165) is 24.8 Å². The standard InChI is InChI=1S/C31H48N4O5S/c1-9-10-11-29(38)35(8)26(20(4)5)17-28(40-21(6)36)31-34-25(18-41-31)30(39)33-23(14-19(2)3)15-22-12-13-27(37)24(16-22)32-7/h12-13,16,18-20,23,26,28,32,37H,9-11,14-15,17H2,1-8H3,(H,33,39). The molecule has 0 spiro atoms. The van der Waals surface area contributed by atoms with Crippen molar-refractivity contribution in [3.8, 4) is 5.75 Å². The summed E-state index contributed by atoms with van der Waals surface area (Å²) in [5, 5.41) is 18.3. The molecule has 0 radical (unpaired) electrons. The minimum absolute atomic E-state index is 0.0676. The van der Waals surface area contributed by atoms with Crippen LogP contribution in [0.25, 0.3) is 0 Å². The minimum Gasteiger partial charge on any atom is -0.506 e. The summed E-state index contributed by atoms with van der Waals surface area (Å²) >= 11 is 1.28. The molecule has 2 rings (SSSR count). The van der Waals surface area contributed by atoms with Crippen LogP contribution in [0, 0.1) is 11.8 Å². The van der Waals surface area contributed by atoms with Crippen molar-refractivity contribution in [1.29, 1.82) is 0 Å². The quantitative estimate of drug-likeness (QED) is 0.164. The molecule has 2 amide bonds. The van der Waals surface area contributed by atoms with Crippen LogP contribution in [-0.2, 0) is 20.7 Å². The van der Waals surface area contributed by atoms with Crippen LogP contribution < -0.4 is 10.6 Å². The number of nitrogens with one attached hydrogen (secondary N) is 2. The van der Waals surface area contributed by atoms with Gasteiger partial charge in [0.15, 0.2) is 6.10 Å². The summed E-state index contributed by atoms with van der Waals surface area (Å²) in [6, 6.07) is 5.09. The topological polar surface area (TPSA) is 121 Å². The number of aromatic nitrogens is 1. The summed E-state index contributed by atoms with van der Waals surface area (Å²) in [6.07, 6.45) is 3.34. The van der Waals surface area contributed by atoms with Crippen LogP contribution in [0.2, 0.25) is 0 Å². The van der Waals surface area contributed by atoms with Crippen molar-refractivity contribution >= 4 is 34.8 Å². The number of phenols is 1. The lowest BCUT2D eigenvalue weighted by molar-refractivity contribution is -0.148. The highest BCUT2D eigenvalue weighted by molar-refractivity contribution is 7.09. The summed E-state index contributed by atoms with van der Waals surface area (Å²) in [5.41, 5.74) is 1.89. The number of carbonyl (C=O) groups is 3. The number of ether oxygens (including phenoxy) is 1. The molecule has 1 heterocycles. The van der Waals surface area contributed by atoms with E-state index in [1.54, 1.807) is 30.4 Å². The highest BCUT2D eigenvalue weighted by atomic mass is 32.1. The van der Waals surface area contributed by atoms with Crippen LogP contribution in [0.3, 0.4) is 0 Å². The molecule has 10 heteroatoms. The lowest BCUT2D eigenvalue weighted by Crippen LogP contribution is -2.41. The maximum absolute atomic E-state index is 13.3. The number of hydrogen-bond acceptors (Lipinski definition) is 8. The second-order valence-electron chi connectivity index (χ2n) is 11.4.